The molecule has 1 aromatic heterocycles. The van der Waals surface area contributed by atoms with Crippen LogP contribution in [0.5, 0.6) is 0 Å². The molecule has 2 aromatic rings. The van der Waals surface area contributed by atoms with E-state index in [0.29, 0.717) is 24.6 Å². The van der Waals surface area contributed by atoms with Gasteiger partial charge in [-0.3, -0.25) is 9.59 Å². The molecule has 0 radical (unpaired) electrons. The van der Waals surface area contributed by atoms with Gasteiger partial charge in [-0.15, -0.1) is 0 Å². The summed E-state index contributed by atoms with van der Waals surface area (Å²) in [7, 11) is 0. The Morgan fingerprint density at radius 3 is 2.34 bits per heavy atom. The van der Waals surface area contributed by atoms with Crippen LogP contribution in [0.15, 0.2) is 24.3 Å². The van der Waals surface area contributed by atoms with Crippen LogP contribution in [0.2, 0.25) is 0 Å². The van der Waals surface area contributed by atoms with Crippen molar-refractivity contribution in [2.45, 2.75) is 65.8 Å². The Balaban J connectivity index is 1.88. The molecule has 1 aromatic carbocycles. The van der Waals surface area contributed by atoms with Crippen LogP contribution >= 0.6 is 0 Å². The van der Waals surface area contributed by atoms with Crippen molar-refractivity contribution >= 4 is 17.5 Å². The molecule has 29 heavy (non-hydrogen) atoms. The van der Waals surface area contributed by atoms with Gasteiger partial charge >= 0.3 is 0 Å². The minimum atomic E-state index is -0.252. The summed E-state index contributed by atoms with van der Waals surface area (Å²) in [6, 6.07) is 7.91. The fourth-order valence-electron chi connectivity index (χ4n) is 3.78. The number of amides is 2. The number of benzene rings is 1. The predicted octanol–water partition coefficient (Wildman–Crippen LogP) is 4.25. The summed E-state index contributed by atoms with van der Waals surface area (Å²) in [4.78, 5) is 32.2. The van der Waals surface area contributed by atoms with Crippen molar-refractivity contribution in [3.05, 3.63) is 47.0 Å². The van der Waals surface area contributed by atoms with Crippen molar-refractivity contribution in [1.82, 2.24) is 14.5 Å². The number of rotatable bonds is 5. The third-order valence-corrected chi connectivity index (χ3v) is 5.58. The first kappa shape index (κ1) is 21.1. The molecular formula is C23H32N4O2. The van der Waals surface area contributed by atoms with Crippen molar-refractivity contribution < 1.29 is 9.59 Å². The van der Waals surface area contributed by atoms with Crippen molar-refractivity contribution in [2.75, 3.05) is 18.4 Å². The normalized spacial score (nSPS) is 13.7. The van der Waals surface area contributed by atoms with Crippen molar-refractivity contribution in [3.63, 3.8) is 0 Å². The number of hydrogen-bond acceptors (Lipinski definition) is 3. The summed E-state index contributed by atoms with van der Waals surface area (Å²) in [5.41, 5.74) is 3.25. The van der Waals surface area contributed by atoms with Crippen LogP contribution in [0.3, 0.4) is 0 Å². The first-order chi connectivity index (χ1) is 13.8. The molecule has 2 heterocycles. The molecule has 3 rings (SSSR count). The Hall–Kier alpha value is -2.63. The number of nitrogens with zero attached hydrogens (tertiary/aromatic N) is 3. The average molecular weight is 397 g/mol. The zero-order chi connectivity index (χ0) is 21.2. The van der Waals surface area contributed by atoms with E-state index in [-0.39, 0.29) is 17.2 Å². The molecule has 0 aliphatic carbocycles. The molecule has 6 heteroatoms. The summed E-state index contributed by atoms with van der Waals surface area (Å²) >= 11 is 0. The Bertz CT molecular complexity index is 887. The van der Waals surface area contributed by atoms with Crippen LogP contribution in [-0.4, -0.2) is 39.4 Å². The molecule has 0 unspecified atom stereocenters. The summed E-state index contributed by atoms with van der Waals surface area (Å²) in [6.45, 7) is 12.4. The maximum Gasteiger partial charge on any atom is 0.289 e. The van der Waals surface area contributed by atoms with Gasteiger partial charge in [0.15, 0.2) is 11.5 Å². The molecule has 1 N–H and O–H groups in total. The fourth-order valence-corrected chi connectivity index (χ4v) is 3.78. The van der Waals surface area contributed by atoms with Gasteiger partial charge in [-0.05, 0) is 56.2 Å². The van der Waals surface area contributed by atoms with E-state index in [0.717, 1.165) is 37.2 Å². The van der Waals surface area contributed by atoms with Crippen molar-refractivity contribution in [1.29, 1.82) is 0 Å². The second kappa shape index (κ2) is 8.39. The number of imidazole rings is 1. The van der Waals surface area contributed by atoms with Gasteiger partial charge in [-0.25, -0.2) is 4.98 Å². The third kappa shape index (κ3) is 4.36. The highest BCUT2D eigenvalue weighted by atomic mass is 16.2. The van der Waals surface area contributed by atoms with Gasteiger partial charge in [0.25, 0.3) is 11.8 Å². The highest BCUT2D eigenvalue weighted by molar-refractivity contribution is 6.05. The Morgan fingerprint density at radius 2 is 1.76 bits per heavy atom. The van der Waals surface area contributed by atoms with E-state index >= 15 is 0 Å². The highest BCUT2D eigenvalue weighted by Crippen LogP contribution is 2.25. The Labute approximate surface area is 173 Å². The average Bonchev–Trinajstić information content (AvgIpc) is 3.08. The number of fused-ring (bicyclic) bond motifs is 1. The topological polar surface area (TPSA) is 67.2 Å². The Kier molecular flexibility index (Phi) is 6.10. The smallest absolute Gasteiger partial charge is 0.289 e. The van der Waals surface area contributed by atoms with Crippen LogP contribution < -0.4 is 5.32 Å². The molecule has 6 nitrogen and oxygen atoms in total. The largest absolute Gasteiger partial charge is 0.337 e. The summed E-state index contributed by atoms with van der Waals surface area (Å²) in [6.07, 6.45) is 2.77. The van der Waals surface area contributed by atoms with Gasteiger partial charge in [0.05, 0.1) is 5.69 Å². The van der Waals surface area contributed by atoms with Crippen molar-refractivity contribution in [2.24, 2.45) is 0 Å². The second-order valence-corrected chi connectivity index (χ2v) is 8.60. The molecule has 0 fully saturated rings. The molecule has 1 aliphatic rings. The van der Waals surface area contributed by atoms with Crippen LogP contribution in [0.4, 0.5) is 5.69 Å². The van der Waals surface area contributed by atoms with Gasteiger partial charge in [-0.2, -0.15) is 0 Å². The lowest BCUT2D eigenvalue weighted by Gasteiger charge is -2.21. The predicted molar refractivity (Wildman–Crippen MR) is 116 cm³/mol. The first-order valence-electron chi connectivity index (χ1n) is 10.6. The Morgan fingerprint density at radius 1 is 1.10 bits per heavy atom. The molecule has 0 saturated carbocycles. The number of anilines is 1. The number of carbonyl (C=O) groups is 2. The van der Waals surface area contributed by atoms with E-state index in [1.165, 1.54) is 5.56 Å². The summed E-state index contributed by atoms with van der Waals surface area (Å²) in [5, 5.41) is 2.96. The van der Waals surface area contributed by atoms with Gasteiger partial charge in [0.1, 0.15) is 0 Å². The molecule has 1 aliphatic heterocycles. The lowest BCUT2D eigenvalue weighted by molar-refractivity contribution is 0.0754. The molecular weight excluding hydrogens is 364 g/mol. The minimum absolute atomic E-state index is 0.0607. The maximum atomic E-state index is 13.0. The van der Waals surface area contributed by atoms with Crippen LogP contribution in [0.1, 0.15) is 79.8 Å². The van der Waals surface area contributed by atoms with E-state index in [2.05, 4.69) is 31.1 Å². The van der Waals surface area contributed by atoms with Gasteiger partial charge < -0.3 is 14.8 Å². The molecule has 0 spiro atoms. The van der Waals surface area contributed by atoms with Gasteiger partial charge in [-0.1, -0.05) is 32.9 Å². The number of nitrogens with one attached hydrogen (secondary N) is 1. The third-order valence-electron chi connectivity index (χ3n) is 5.58. The number of hydrogen-bond donors (Lipinski definition) is 1. The minimum Gasteiger partial charge on any atom is -0.337 e. The molecule has 0 bridgehead atoms. The van der Waals surface area contributed by atoms with E-state index in [4.69, 9.17) is 0 Å². The highest BCUT2D eigenvalue weighted by Gasteiger charge is 2.29. The molecule has 0 saturated heterocycles. The maximum absolute atomic E-state index is 13.0. The number of aromatic nitrogens is 2. The molecule has 2 amide bonds. The standard InChI is InChI=1S/C23H32N4O2/c1-6-26(7-2)22(29)20-25-19(18-10-8-9-15-27(18)20)21(28)24-17-13-11-16(12-14-17)23(3,4)5/h11-14H,6-10,15H2,1-5H3,(H,24,28). The van der Waals surface area contributed by atoms with Crippen LogP contribution in [0.25, 0.3) is 0 Å². The van der Waals surface area contributed by atoms with E-state index in [1.807, 2.05) is 42.7 Å². The lowest BCUT2D eigenvalue weighted by Crippen LogP contribution is -2.33. The number of carbonyl (C=O) groups excluding carboxylic acids is 2. The molecule has 156 valence electrons. The monoisotopic (exact) mass is 396 g/mol. The van der Waals surface area contributed by atoms with E-state index < -0.39 is 0 Å². The molecule has 0 atom stereocenters. The van der Waals surface area contributed by atoms with Crippen LogP contribution in [-0.2, 0) is 18.4 Å². The van der Waals surface area contributed by atoms with Gasteiger partial charge in [0, 0.05) is 25.3 Å². The second-order valence-electron chi connectivity index (χ2n) is 8.60. The zero-order valence-electron chi connectivity index (χ0n) is 18.2. The fraction of sp³-hybridized carbons (Fsp3) is 0.522. The van der Waals surface area contributed by atoms with Crippen molar-refractivity contribution in [3.8, 4) is 0 Å². The van der Waals surface area contributed by atoms with Gasteiger partial charge in [0.2, 0.25) is 0 Å². The summed E-state index contributed by atoms with van der Waals surface area (Å²) < 4.78 is 1.95. The van der Waals surface area contributed by atoms with E-state index in [1.54, 1.807) is 4.90 Å². The SMILES string of the molecule is CCN(CC)C(=O)c1nc(C(=O)Nc2ccc(C(C)(C)C)cc2)c2n1CCCC2. The quantitative estimate of drug-likeness (QED) is 0.821. The van der Waals surface area contributed by atoms with E-state index in [9.17, 15) is 9.59 Å². The van der Waals surface area contributed by atoms with Crippen LogP contribution in [0, 0.1) is 0 Å². The lowest BCUT2D eigenvalue weighted by atomic mass is 9.87. The zero-order valence-corrected chi connectivity index (χ0v) is 18.2. The summed E-state index contributed by atoms with van der Waals surface area (Å²) in [5.74, 6) is 0.0288. The first-order valence-corrected chi connectivity index (χ1v) is 10.6.